The highest BCUT2D eigenvalue weighted by molar-refractivity contribution is 5.44. The predicted molar refractivity (Wildman–Crippen MR) is 64.3 cm³/mol. The van der Waals surface area contributed by atoms with Crippen molar-refractivity contribution in [3.8, 4) is 11.5 Å². The molecule has 1 atom stereocenters. The van der Waals surface area contributed by atoms with Crippen LogP contribution in [-0.4, -0.2) is 16.7 Å². The van der Waals surface area contributed by atoms with Crippen molar-refractivity contribution in [3.05, 3.63) is 53.9 Å². The Hall–Kier alpha value is -1.87. The lowest BCUT2D eigenvalue weighted by Crippen LogP contribution is -2.08. The first-order valence-corrected chi connectivity index (χ1v) is 5.70. The zero-order valence-corrected chi connectivity index (χ0v) is 9.34. The molecule has 2 aromatic rings. The summed E-state index contributed by atoms with van der Waals surface area (Å²) >= 11 is 0. The lowest BCUT2D eigenvalue weighted by molar-refractivity contribution is 0.262. The summed E-state index contributed by atoms with van der Waals surface area (Å²) in [5.41, 5.74) is 1.95. The Morgan fingerprint density at radius 2 is 2.00 bits per heavy atom. The van der Waals surface area contributed by atoms with Crippen LogP contribution < -0.4 is 4.74 Å². The van der Waals surface area contributed by atoms with Crippen molar-refractivity contribution in [1.82, 2.24) is 4.98 Å². The number of aromatic nitrogens is 1. The summed E-state index contributed by atoms with van der Waals surface area (Å²) in [4.78, 5) is 4.33. The molecule has 1 aromatic heterocycles. The minimum atomic E-state index is 0.00912. The van der Waals surface area contributed by atoms with E-state index < -0.39 is 0 Å². The summed E-state index contributed by atoms with van der Waals surface area (Å²) in [5.74, 6) is 1.61. The average molecular weight is 227 g/mol. The van der Waals surface area contributed by atoms with Crippen LogP contribution in [0.1, 0.15) is 17.2 Å². The fourth-order valence-corrected chi connectivity index (χ4v) is 2.20. The highest BCUT2D eigenvalue weighted by atomic mass is 16.5. The molecule has 0 radical (unpaired) electrons. The van der Waals surface area contributed by atoms with Gasteiger partial charge in [0.25, 0.3) is 0 Å². The van der Waals surface area contributed by atoms with Crippen molar-refractivity contribution >= 4 is 0 Å². The van der Waals surface area contributed by atoms with Gasteiger partial charge < -0.3 is 9.84 Å². The molecule has 2 heterocycles. The molecular formula is C14H13NO2. The van der Waals surface area contributed by atoms with Gasteiger partial charge in [0.2, 0.25) is 0 Å². The molecule has 1 aromatic carbocycles. The molecule has 1 aliphatic heterocycles. The van der Waals surface area contributed by atoms with Gasteiger partial charge in [0.05, 0.1) is 12.3 Å². The second-order valence-electron chi connectivity index (χ2n) is 4.18. The summed E-state index contributed by atoms with van der Waals surface area (Å²) in [5, 5.41) is 9.49. The first-order chi connectivity index (χ1) is 8.38. The summed E-state index contributed by atoms with van der Waals surface area (Å²) in [6.07, 6.45) is 2.50. The Morgan fingerprint density at radius 1 is 1.18 bits per heavy atom. The number of aliphatic hydroxyl groups is 1. The van der Waals surface area contributed by atoms with Gasteiger partial charge in [0.1, 0.15) is 11.5 Å². The lowest BCUT2D eigenvalue weighted by Gasteiger charge is -2.11. The minimum absolute atomic E-state index is 0.00912. The van der Waals surface area contributed by atoms with Crippen molar-refractivity contribution in [2.75, 3.05) is 6.61 Å². The van der Waals surface area contributed by atoms with Crippen molar-refractivity contribution < 1.29 is 9.84 Å². The minimum Gasteiger partial charge on any atom is -0.455 e. The summed E-state index contributed by atoms with van der Waals surface area (Å²) in [6.45, 7) is 0.0850. The fraction of sp³-hybridized carbons (Fsp3) is 0.214. The first kappa shape index (κ1) is 10.3. The van der Waals surface area contributed by atoms with E-state index in [4.69, 9.17) is 4.74 Å². The van der Waals surface area contributed by atoms with Crippen LogP contribution >= 0.6 is 0 Å². The van der Waals surface area contributed by atoms with Gasteiger partial charge in [-0.15, -0.1) is 0 Å². The highest BCUT2D eigenvalue weighted by Gasteiger charge is 2.23. The predicted octanol–water partition coefficient (Wildman–Crippen LogP) is 2.51. The quantitative estimate of drug-likeness (QED) is 0.814. The van der Waals surface area contributed by atoms with Crippen LogP contribution in [0, 0.1) is 0 Å². The van der Waals surface area contributed by atoms with Crippen LogP contribution in [0.5, 0.6) is 11.5 Å². The SMILES string of the molecule is OCC1Cc2ccccc2Oc2cccnc21. The third kappa shape index (κ3) is 1.78. The molecule has 3 nitrogen and oxygen atoms in total. The molecule has 0 aliphatic carbocycles. The number of hydrogen-bond acceptors (Lipinski definition) is 3. The van der Waals surface area contributed by atoms with Crippen LogP contribution in [0.25, 0.3) is 0 Å². The first-order valence-electron chi connectivity index (χ1n) is 5.70. The number of pyridine rings is 1. The van der Waals surface area contributed by atoms with E-state index in [2.05, 4.69) is 4.98 Å². The molecule has 1 unspecified atom stereocenters. The zero-order chi connectivity index (χ0) is 11.7. The number of fused-ring (bicyclic) bond motifs is 2. The van der Waals surface area contributed by atoms with Gasteiger partial charge in [-0.05, 0) is 30.2 Å². The molecule has 0 saturated heterocycles. The molecule has 3 rings (SSSR count). The maximum atomic E-state index is 9.49. The van der Waals surface area contributed by atoms with Gasteiger partial charge in [0, 0.05) is 12.1 Å². The van der Waals surface area contributed by atoms with Crippen molar-refractivity contribution in [2.45, 2.75) is 12.3 Å². The van der Waals surface area contributed by atoms with E-state index in [-0.39, 0.29) is 12.5 Å². The molecule has 17 heavy (non-hydrogen) atoms. The number of hydrogen-bond donors (Lipinski definition) is 1. The Bertz CT molecular complexity index is 539. The third-order valence-electron chi connectivity index (χ3n) is 3.07. The lowest BCUT2D eigenvalue weighted by atomic mass is 9.96. The van der Waals surface area contributed by atoms with E-state index in [0.717, 1.165) is 29.2 Å². The van der Waals surface area contributed by atoms with Gasteiger partial charge in [-0.3, -0.25) is 4.98 Å². The molecule has 0 amide bonds. The molecule has 1 aliphatic rings. The summed E-state index contributed by atoms with van der Waals surface area (Å²) in [7, 11) is 0. The van der Waals surface area contributed by atoms with Gasteiger partial charge >= 0.3 is 0 Å². The van der Waals surface area contributed by atoms with Crippen molar-refractivity contribution in [2.24, 2.45) is 0 Å². The number of ether oxygens (including phenoxy) is 1. The fourth-order valence-electron chi connectivity index (χ4n) is 2.20. The molecule has 0 saturated carbocycles. The summed E-state index contributed by atoms with van der Waals surface area (Å²) in [6, 6.07) is 11.7. The molecule has 0 fully saturated rings. The number of para-hydroxylation sites is 1. The third-order valence-corrected chi connectivity index (χ3v) is 3.07. The van der Waals surface area contributed by atoms with Gasteiger partial charge in [-0.1, -0.05) is 18.2 Å². The van der Waals surface area contributed by atoms with Crippen LogP contribution in [0.4, 0.5) is 0 Å². The molecule has 0 spiro atoms. The van der Waals surface area contributed by atoms with E-state index in [9.17, 15) is 5.11 Å². The van der Waals surface area contributed by atoms with E-state index in [1.807, 2.05) is 36.4 Å². The summed E-state index contributed by atoms with van der Waals surface area (Å²) < 4.78 is 5.86. The molecule has 86 valence electrons. The smallest absolute Gasteiger partial charge is 0.149 e. The second-order valence-corrected chi connectivity index (χ2v) is 4.18. The van der Waals surface area contributed by atoms with Crippen LogP contribution in [0.3, 0.4) is 0 Å². The van der Waals surface area contributed by atoms with Gasteiger partial charge in [-0.2, -0.15) is 0 Å². The Kier molecular flexibility index (Phi) is 2.53. The maximum Gasteiger partial charge on any atom is 0.149 e. The van der Waals surface area contributed by atoms with E-state index >= 15 is 0 Å². The normalized spacial score (nSPS) is 17.6. The largest absolute Gasteiger partial charge is 0.455 e. The number of rotatable bonds is 1. The number of aliphatic hydroxyl groups excluding tert-OH is 1. The highest BCUT2D eigenvalue weighted by Crippen LogP contribution is 2.37. The topological polar surface area (TPSA) is 42.4 Å². The Morgan fingerprint density at radius 3 is 2.88 bits per heavy atom. The van der Waals surface area contributed by atoms with Gasteiger partial charge in [-0.25, -0.2) is 0 Å². The van der Waals surface area contributed by atoms with Crippen LogP contribution in [0.2, 0.25) is 0 Å². The second kappa shape index (κ2) is 4.18. The van der Waals surface area contributed by atoms with E-state index in [1.165, 1.54) is 0 Å². The van der Waals surface area contributed by atoms with Crippen molar-refractivity contribution in [3.63, 3.8) is 0 Å². The standard InChI is InChI=1S/C14H13NO2/c16-9-11-8-10-4-1-2-5-12(10)17-13-6-3-7-15-14(11)13/h1-7,11,16H,8-9H2. The Balaban J connectivity index is 2.13. The van der Waals surface area contributed by atoms with Crippen LogP contribution in [-0.2, 0) is 6.42 Å². The molecule has 0 bridgehead atoms. The monoisotopic (exact) mass is 227 g/mol. The van der Waals surface area contributed by atoms with E-state index in [0.29, 0.717) is 0 Å². The van der Waals surface area contributed by atoms with Gasteiger partial charge in [0.15, 0.2) is 0 Å². The van der Waals surface area contributed by atoms with Crippen LogP contribution in [0.15, 0.2) is 42.6 Å². The molecule has 1 N–H and O–H groups in total. The number of benzene rings is 1. The zero-order valence-electron chi connectivity index (χ0n) is 9.34. The molecule has 3 heteroatoms. The van der Waals surface area contributed by atoms with E-state index in [1.54, 1.807) is 6.20 Å². The average Bonchev–Trinajstić information content (AvgIpc) is 2.54. The molecular weight excluding hydrogens is 214 g/mol. The Labute approximate surface area is 99.7 Å². The van der Waals surface area contributed by atoms with Crippen molar-refractivity contribution in [1.29, 1.82) is 0 Å². The maximum absolute atomic E-state index is 9.49. The number of nitrogens with zero attached hydrogens (tertiary/aromatic N) is 1.